The Labute approximate surface area is 267 Å². The van der Waals surface area contributed by atoms with Crippen molar-refractivity contribution in [3.8, 4) is 22.3 Å². The lowest BCUT2D eigenvalue weighted by molar-refractivity contribution is 0.672. The lowest BCUT2D eigenvalue weighted by Gasteiger charge is -2.28. The van der Waals surface area contributed by atoms with Crippen molar-refractivity contribution in [2.75, 3.05) is 4.90 Å². The summed E-state index contributed by atoms with van der Waals surface area (Å²) in [5.74, 6) is 0. The Morgan fingerprint density at radius 3 is 1.76 bits per heavy atom. The van der Waals surface area contributed by atoms with Crippen molar-refractivity contribution in [3.63, 3.8) is 0 Å². The number of rotatable bonds is 5. The summed E-state index contributed by atoms with van der Waals surface area (Å²) < 4.78 is 6.49. The zero-order valence-electron chi connectivity index (χ0n) is 25.1. The van der Waals surface area contributed by atoms with Crippen LogP contribution in [-0.4, -0.2) is 0 Å². The Bertz CT molecular complexity index is 2510. The number of hydrogen-bond donors (Lipinski definition) is 0. The third-order valence-electron chi connectivity index (χ3n) is 9.06. The highest BCUT2D eigenvalue weighted by Gasteiger charge is 2.19. The van der Waals surface area contributed by atoms with Gasteiger partial charge in [-0.05, 0) is 75.5 Å². The van der Waals surface area contributed by atoms with Crippen LogP contribution in [0.3, 0.4) is 0 Å². The normalized spacial score (nSPS) is 11.5. The highest BCUT2D eigenvalue weighted by atomic mass is 16.3. The lowest BCUT2D eigenvalue weighted by atomic mass is 9.96. The van der Waals surface area contributed by atoms with Gasteiger partial charge in [0.2, 0.25) is 0 Å². The number of para-hydroxylation sites is 1. The predicted molar refractivity (Wildman–Crippen MR) is 194 cm³/mol. The van der Waals surface area contributed by atoms with Crippen LogP contribution in [-0.2, 0) is 0 Å². The first-order valence-corrected chi connectivity index (χ1v) is 15.7. The Hall–Kier alpha value is -6.12. The van der Waals surface area contributed by atoms with E-state index in [1.807, 2.05) is 12.1 Å². The van der Waals surface area contributed by atoms with E-state index in [0.29, 0.717) is 0 Å². The summed E-state index contributed by atoms with van der Waals surface area (Å²) in [7, 11) is 0. The maximum absolute atomic E-state index is 6.49. The van der Waals surface area contributed by atoms with Crippen LogP contribution in [0, 0.1) is 0 Å². The summed E-state index contributed by atoms with van der Waals surface area (Å²) in [5.41, 5.74) is 9.95. The van der Waals surface area contributed by atoms with Crippen LogP contribution in [0.4, 0.5) is 17.1 Å². The van der Waals surface area contributed by atoms with E-state index in [1.54, 1.807) is 0 Å². The van der Waals surface area contributed by atoms with Gasteiger partial charge in [0, 0.05) is 32.9 Å². The molecule has 2 heteroatoms. The van der Waals surface area contributed by atoms with E-state index >= 15 is 0 Å². The molecule has 216 valence electrons. The first kappa shape index (κ1) is 26.3. The minimum atomic E-state index is 0.909. The van der Waals surface area contributed by atoms with Gasteiger partial charge in [0.15, 0.2) is 0 Å². The maximum atomic E-state index is 6.49. The quantitative estimate of drug-likeness (QED) is 0.199. The Kier molecular flexibility index (Phi) is 6.17. The van der Waals surface area contributed by atoms with Crippen molar-refractivity contribution in [2.45, 2.75) is 0 Å². The van der Waals surface area contributed by atoms with Crippen molar-refractivity contribution in [3.05, 3.63) is 176 Å². The third kappa shape index (κ3) is 4.35. The van der Waals surface area contributed by atoms with Gasteiger partial charge in [0.1, 0.15) is 11.2 Å². The van der Waals surface area contributed by atoms with Gasteiger partial charge in [-0.3, -0.25) is 0 Å². The highest BCUT2D eigenvalue weighted by Crippen LogP contribution is 2.44. The van der Waals surface area contributed by atoms with Gasteiger partial charge in [-0.1, -0.05) is 133 Å². The van der Waals surface area contributed by atoms with Crippen LogP contribution in [0.25, 0.3) is 65.7 Å². The summed E-state index contributed by atoms with van der Waals surface area (Å²) in [6.45, 7) is 0. The van der Waals surface area contributed by atoms with E-state index in [-0.39, 0.29) is 0 Å². The van der Waals surface area contributed by atoms with Gasteiger partial charge >= 0.3 is 0 Å². The minimum Gasteiger partial charge on any atom is -0.455 e. The molecule has 0 fully saturated rings. The molecule has 46 heavy (non-hydrogen) atoms. The van der Waals surface area contributed by atoms with Gasteiger partial charge in [-0.15, -0.1) is 0 Å². The van der Waals surface area contributed by atoms with Crippen LogP contribution in [0.5, 0.6) is 0 Å². The third-order valence-corrected chi connectivity index (χ3v) is 9.06. The molecular weight excluding hydrogens is 558 g/mol. The monoisotopic (exact) mass is 587 g/mol. The number of anilines is 3. The molecule has 1 heterocycles. The van der Waals surface area contributed by atoms with E-state index < -0.39 is 0 Å². The number of nitrogens with zero attached hydrogens (tertiary/aromatic N) is 1. The summed E-state index contributed by atoms with van der Waals surface area (Å²) in [6.07, 6.45) is 0. The summed E-state index contributed by atoms with van der Waals surface area (Å²) >= 11 is 0. The molecule has 2 nitrogen and oxygen atoms in total. The molecule has 0 saturated carbocycles. The van der Waals surface area contributed by atoms with Crippen molar-refractivity contribution in [1.29, 1.82) is 0 Å². The fourth-order valence-electron chi connectivity index (χ4n) is 6.84. The number of furan rings is 1. The van der Waals surface area contributed by atoms with Crippen LogP contribution >= 0.6 is 0 Å². The van der Waals surface area contributed by atoms with Gasteiger partial charge < -0.3 is 9.32 Å². The maximum Gasteiger partial charge on any atom is 0.143 e. The minimum absolute atomic E-state index is 0.909. The van der Waals surface area contributed by atoms with Gasteiger partial charge in [-0.2, -0.15) is 0 Å². The molecule has 0 aliphatic carbocycles. The van der Waals surface area contributed by atoms with E-state index in [1.165, 1.54) is 33.0 Å². The lowest BCUT2D eigenvalue weighted by Crippen LogP contribution is -2.10. The molecule has 0 unspecified atom stereocenters. The molecule has 0 spiro atoms. The molecule has 1 aromatic heterocycles. The molecule has 0 amide bonds. The van der Waals surface area contributed by atoms with Crippen molar-refractivity contribution >= 4 is 60.5 Å². The molecule has 0 aliphatic rings. The molecule has 0 radical (unpaired) electrons. The van der Waals surface area contributed by atoms with E-state index in [0.717, 1.165) is 49.8 Å². The highest BCUT2D eigenvalue weighted by molar-refractivity contribution is 6.16. The Morgan fingerprint density at radius 2 is 0.978 bits per heavy atom. The van der Waals surface area contributed by atoms with Gasteiger partial charge in [0.25, 0.3) is 0 Å². The first-order chi connectivity index (χ1) is 22.8. The molecule has 9 rings (SSSR count). The number of hydrogen-bond acceptors (Lipinski definition) is 2. The predicted octanol–water partition coefficient (Wildman–Crippen LogP) is 12.7. The molecule has 8 aromatic carbocycles. The second kappa shape index (κ2) is 10.8. The summed E-state index contributed by atoms with van der Waals surface area (Å²) in [5, 5.41) is 6.94. The van der Waals surface area contributed by atoms with E-state index in [2.05, 4.69) is 169 Å². The van der Waals surface area contributed by atoms with Crippen molar-refractivity contribution < 1.29 is 4.42 Å². The molecule has 9 aromatic rings. The molecule has 0 N–H and O–H groups in total. The first-order valence-electron chi connectivity index (χ1n) is 15.7. The van der Waals surface area contributed by atoms with Crippen molar-refractivity contribution in [1.82, 2.24) is 0 Å². The Balaban J connectivity index is 1.28. The van der Waals surface area contributed by atoms with Crippen LogP contribution in [0.2, 0.25) is 0 Å². The largest absolute Gasteiger partial charge is 0.455 e. The topological polar surface area (TPSA) is 16.4 Å². The fourth-order valence-corrected chi connectivity index (χ4v) is 6.84. The molecule has 0 bridgehead atoms. The second-order valence-electron chi connectivity index (χ2n) is 11.7. The van der Waals surface area contributed by atoms with Gasteiger partial charge in [0.05, 0.1) is 5.69 Å². The van der Waals surface area contributed by atoms with Crippen LogP contribution < -0.4 is 4.90 Å². The second-order valence-corrected chi connectivity index (χ2v) is 11.7. The summed E-state index contributed by atoms with van der Waals surface area (Å²) in [4.78, 5) is 2.38. The SMILES string of the molecule is c1ccc(-c2ccc(N(c3ccc4ccc5c6ccccc6oc5c4c3)c3ccc(-c4ccccc4)c4ccccc34)cc2)cc1. The zero-order chi connectivity index (χ0) is 30.5. The van der Waals surface area contributed by atoms with Crippen molar-refractivity contribution in [2.24, 2.45) is 0 Å². The molecule has 0 atom stereocenters. The number of benzene rings is 8. The molecule has 0 aliphatic heterocycles. The average molecular weight is 588 g/mol. The zero-order valence-corrected chi connectivity index (χ0v) is 25.1. The summed E-state index contributed by atoms with van der Waals surface area (Å²) in [6, 6.07) is 62.7. The van der Waals surface area contributed by atoms with E-state index in [9.17, 15) is 0 Å². The molecule has 0 saturated heterocycles. The molecular formula is C44H29NO. The van der Waals surface area contributed by atoms with E-state index in [4.69, 9.17) is 4.42 Å². The standard InChI is InChI=1S/C44H29NO/c1-3-11-30(12-4-1)31-19-23-34(24-20-31)45(42-28-27-36(32-13-5-2-6-14-32)37-15-7-8-16-38(37)42)35-25-21-33-22-26-40-39-17-9-10-18-43(39)46-44(40)41(33)29-35/h1-29H. The number of fused-ring (bicyclic) bond motifs is 6. The average Bonchev–Trinajstić information content (AvgIpc) is 3.52. The van der Waals surface area contributed by atoms with Gasteiger partial charge in [-0.25, -0.2) is 0 Å². The van der Waals surface area contributed by atoms with Crippen LogP contribution in [0.15, 0.2) is 180 Å². The fraction of sp³-hybridized carbons (Fsp3) is 0. The van der Waals surface area contributed by atoms with Crippen LogP contribution in [0.1, 0.15) is 0 Å². The Morgan fingerprint density at radius 1 is 0.370 bits per heavy atom. The smallest absolute Gasteiger partial charge is 0.143 e.